The lowest BCUT2D eigenvalue weighted by atomic mass is 9.98. The number of hydrogen-bond acceptors (Lipinski definition) is 3. The molecule has 21 heavy (non-hydrogen) atoms. The van der Waals surface area contributed by atoms with E-state index in [0.29, 0.717) is 23.3 Å². The van der Waals surface area contributed by atoms with Crippen molar-refractivity contribution in [2.75, 3.05) is 26.8 Å². The summed E-state index contributed by atoms with van der Waals surface area (Å²) in [6.45, 7) is 4.02. The van der Waals surface area contributed by atoms with E-state index in [1.807, 2.05) is 11.0 Å². The van der Waals surface area contributed by atoms with Crippen LogP contribution in [0.15, 0.2) is 24.3 Å². The van der Waals surface area contributed by atoms with Crippen molar-refractivity contribution in [2.45, 2.75) is 25.9 Å². The van der Waals surface area contributed by atoms with Gasteiger partial charge in [-0.05, 0) is 43.9 Å². The molecule has 1 fully saturated rings. The van der Waals surface area contributed by atoms with E-state index in [1.165, 1.54) is 0 Å². The fourth-order valence-corrected chi connectivity index (χ4v) is 2.87. The van der Waals surface area contributed by atoms with Gasteiger partial charge >= 0.3 is 0 Å². The Morgan fingerprint density at radius 3 is 3.05 bits per heavy atom. The Labute approximate surface area is 131 Å². The molecule has 0 aliphatic carbocycles. The highest BCUT2D eigenvalue weighted by Crippen LogP contribution is 2.21. The number of rotatable bonds is 5. The number of halogens is 1. The summed E-state index contributed by atoms with van der Waals surface area (Å²) in [6, 6.07) is 7.11. The van der Waals surface area contributed by atoms with E-state index >= 15 is 0 Å². The molecule has 1 aliphatic rings. The monoisotopic (exact) mass is 311 g/mol. The van der Waals surface area contributed by atoms with Crippen molar-refractivity contribution < 1.29 is 14.3 Å². The molecule has 1 aromatic carbocycles. The van der Waals surface area contributed by atoms with Crippen LogP contribution < -0.4 is 4.74 Å². The van der Waals surface area contributed by atoms with E-state index in [0.717, 1.165) is 25.9 Å². The highest BCUT2D eigenvalue weighted by atomic mass is 35.5. The van der Waals surface area contributed by atoms with Crippen molar-refractivity contribution in [2.24, 2.45) is 5.92 Å². The third kappa shape index (κ3) is 4.61. The molecule has 0 unspecified atom stereocenters. The Bertz CT molecular complexity index is 478. The summed E-state index contributed by atoms with van der Waals surface area (Å²) >= 11 is 5.92. The maximum Gasteiger partial charge on any atom is 0.263 e. The maximum atomic E-state index is 12.5. The van der Waals surface area contributed by atoms with Crippen LogP contribution in [0.2, 0.25) is 5.02 Å². The van der Waals surface area contributed by atoms with E-state index in [1.54, 1.807) is 32.2 Å². The first-order valence-corrected chi connectivity index (χ1v) is 7.68. The first kappa shape index (κ1) is 16.1. The van der Waals surface area contributed by atoms with Gasteiger partial charge in [0.15, 0.2) is 6.10 Å². The maximum absolute atomic E-state index is 12.5. The molecule has 0 spiro atoms. The summed E-state index contributed by atoms with van der Waals surface area (Å²) < 4.78 is 10.9. The van der Waals surface area contributed by atoms with Gasteiger partial charge in [0.05, 0.1) is 6.61 Å². The molecule has 4 nitrogen and oxygen atoms in total. The number of piperidine rings is 1. The normalized spacial score (nSPS) is 20.1. The molecule has 116 valence electrons. The van der Waals surface area contributed by atoms with Gasteiger partial charge in [-0.15, -0.1) is 0 Å². The number of carbonyl (C=O) groups is 1. The molecule has 2 atom stereocenters. The highest BCUT2D eigenvalue weighted by molar-refractivity contribution is 6.30. The Hall–Kier alpha value is -1.26. The molecule has 2 rings (SSSR count). The van der Waals surface area contributed by atoms with Crippen LogP contribution in [0.1, 0.15) is 19.8 Å². The standard InChI is InChI=1S/C16H22ClNO3/c1-12(21-15-7-3-6-14(17)9-15)16(19)18-8-4-5-13(10-18)11-20-2/h3,6-7,9,12-13H,4-5,8,10-11H2,1-2H3/t12-,13-/m1/s1. The van der Waals surface area contributed by atoms with Crippen LogP contribution in [0.3, 0.4) is 0 Å². The molecule has 1 saturated heterocycles. The largest absolute Gasteiger partial charge is 0.481 e. The zero-order valence-electron chi connectivity index (χ0n) is 12.5. The first-order valence-electron chi connectivity index (χ1n) is 7.30. The van der Waals surface area contributed by atoms with Gasteiger partial charge in [0, 0.05) is 25.2 Å². The Morgan fingerprint density at radius 2 is 2.33 bits per heavy atom. The molecular formula is C16H22ClNO3. The van der Waals surface area contributed by atoms with Gasteiger partial charge in [-0.3, -0.25) is 4.79 Å². The van der Waals surface area contributed by atoms with Gasteiger partial charge < -0.3 is 14.4 Å². The summed E-state index contributed by atoms with van der Waals surface area (Å²) in [5, 5.41) is 0.602. The van der Waals surface area contributed by atoms with Gasteiger partial charge in [0.25, 0.3) is 5.91 Å². The first-order chi connectivity index (χ1) is 10.1. The Balaban J connectivity index is 1.92. The lowest BCUT2D eigenvalue weighted by molar-refractivity contribution is -0.140. The smallest absolute Gasteiger partial charge is 0.263 e. The minimum Gasteiger partial charge on any atom is -0.481 e. The zero-order chi connectivity index (χ0) is 15.2. The van der Waals surface area contributed by atoms with Crippen molar-refractivity contribution in [3.05, 3.63) is 29.3 Å². The van der Waals surface area contributed by atoms with Crippen molar-refractivity contribution in [3.8, 4) is 5.75 Å². The average molecular weight is 312 g/mol. The molecule has 0 bridgehead atoms. The van der Waals surface area contributed by atoms with E-state index in [9.17, 15) is 4.79 Å². The molecule has 1 aliphatic heterocycles. The van der Waals surface area contributed by atoms with Crippen molar-refractivity contribution in [1.29, 1.82) is 0 Å². The lowest BCUT2D eigenvalue weighted by Gasteiger charge is -2.34. The number of benzene rings is 1. The third-order valence-electron chi connectivity index (χ3n) is 3.69. The summed E-state index contributed by atoms with van der Waals surface area (Å²) in [7, 11) is 1.70. The minimum atomic E-state index is -0.509. The molecule has 1 heterocycles. The fraction of sp³-hybridized carbons (Fsp3) is 0.562. The van der Waals surface area contributed by atoms with Crippen molar-refractivity contribution in [3.63, 3.8) is 0 Å². The number of amides is 1. The molecular weight excluding hydrogens is 290 g/mol. The molecule has 5 heteroatoms. The Kier molecular flexibility index (Phi) is 5.88. The lowest BCUT2D eigenvalue weighted by Crippen LogP contribution is -2.46. The highest BCUT2D eigenvalue weighted by Gasteiger charge is 2.27. The van der Waals surface area contributed by atoms with Crippen molar-refractivity contribution >= 4 is 17.5 Å². The van der Waals surface area contributed by atoms with E-state index in [4.69, 9.17) is 21.1 Å². The SMILES string of the molecule is COC[C@@H]1CCCN(C(=O)[C@@H](C)Oc2cccc(Cl)c2)C1. The van der Waals surface area contributed by atoms with Gasteiger partial charge in [0.2, 0.25) is 0 Å². The van der Waals surface area contributed by atoms with Crippen LogP contribution in [0.25, 0.3) is 0 Å². The summed E-state index contributed by atoms with van der Waals surface area (Å²) in [5.41, 5.74) is 0. The van der Waals surface area contributed by atoms with Crippen LogP contribution in [0, 0.1) is 5.92 Å². The van der Waals surface area contributed by atoms with Crippen LogP contribution in [0.5, 0.6) is 5.75 Å². The molecule has 0 aromatic heterocycles. The van der Waals surface area contributed by atoms with Crippen molar-refractivity contribution in [1.82, 2.24) is 4.90 Å². The zero-order valence-corrected chi connectivity index (χ0v) is 13.3. The second kappa shape index (κ2) is 7.66. The van der Waals surface area contributed by atoms with Gasteiger partial charge in [-0.1, -0.05) is 17.7 Å². The topological polar surface area (TPSA) is 38.8 Å². The van der Waals surface area contributed by atoms with E-state index in [2.05, 4.69) is 0 Å². The predicted octanol–water partition coefficient (Wildman–Crippen LogP) is 2.99. The molecule has 0 N–H and O–H groups in total. The molecule has 1 aromatic rings. The summed E-state index contributed by atoms with van der Waals surface area (Å²) in [5.74, 6) is 1.07. The number of likely N-dealkylation sites (tertiary alicyclic amines) is 1. The fourth-order valence-electron chi connectivity index (χ4n) is 2.69. The van der Waals surface area contributed by atoms with Gasteiger partial charge in [0.1, 0.15) is 5.75 Å². The van der Waals surface area contributed by atoms with Gasteiger partial charge in [-0.2, -0.15) is 0 Å². The van der Waals surface area contributed by atoms with E-state index in [-0.39, 0.29) is 5.91 Å². The Morgan fingerprint density at radius 1 is 1.52 bits per heavy atom. The molecule has 0 saturated carbocycles. The van der Waals surface area contributed by atoms with Crippen LogP contribution in [-0.2, 0) is 9.53 Å². The minimum absolute atomic E-state index is 0.0239. The van der Waals surface area contributed by atoms with Crippen LogP contribution in [-0.4, -0.2) is 43.7 Å². The summed E-state index contributed by atoms with van der Waals surface area (Å²) in [6.07, 6.45) is 1.62. The second-order valence-electron chi connectivity index (χ2n) is 5.47. The average Bonchev–Trinajstić information content (AvgIpc) is 2.47. The quantitative estimate of drug-likeness (QED) is 0.839. The number of ether oxygens (including phenoxy) is 2. The van der Waals surface area contributed by atoms with Crippen LogP contribution >= 0.6 is 11.6 Å². The number of methoxy groups -OCH3 is 1. The van der Waals surface area contributed by atoms with Gasteiger partial charge in [-0.25, -0.2) is 0 Å². The second-order valence-corrected chi connectivity index (χ2v) is 5.90. The number of hydrogen-bond donors (Lipinski definition) is 0. The number of nitrogens with zero attached hydrogens (tertiary/aromatic N) is 1. The third-order valence-corrected chi connectivity index (χ3v) is 3.92. The molecule has 0 radical (unpaired) electrons. The number of carbonyl (C=O) groups excluding carboxylic acids is 1. The van der Waals surface area contributed by atoms with Crippen LogP contribution in [0.4, 0.5) is 0 Å². The van der Waals surface area contributed by atoms with E-state index < -0.39 is 6.10 Å². The predicted molar refractivity (Wildman–Crippen MR) is 82.7 cm³/mol. The molecule has 1 amide bonds. The summed E-state index contributed by atoms with van der Waals surface area (Å²) in [4.78, 5) is 14.3.